The number of hydrogen-bond donors (Lipinski definition) is 4. The highest BCUT2D eigenvalue weighted by Crippen LogP contribution is 2.29. The van der Waals surface area contributed by atoms with Crippen LogP contribution in [0.1, 0.15) is 18.8 Å². The third kappa shape index (κ3) is 2.18. The third-order valence-corrected chi connectivity index (χ3v) is 3.29. The number of aliphatic hydroxyl groups is 3. The lowest BCUT2D eigenvalue weighted by Gasteiger charge is -2.20. The monoisotopic (exact) mass is 290 g/mol. The van der Waals surface area contributed by atoms with E-state index in [-0.39, 0.29) is 12.1 Å². The second-order valence-electron chi connectivity index (χ2n) is 4.47. The second-order valence-corrected chi connectivity index (χ2v) is 4.47. The molecule has 1 aromatic rings. The maximum Gasteiger partial charge on any atom is 0.330 e. The Bertz CT molecular complexity index is 612. The van der Waals surface area contributed by atoms with E-state index in [0.717, 1.165) is 4.57 Å². The van der Waals surface area contributed by atoms with Crippen LogP contribution in [0, 0.1) is 5.82 Å². The standard InChI is InChI=1S/C11H15FN2O6/c1-2-4-6(12)9(18)13-11(19)14(4)10-8(17)7(16)5(3-15)20-10/h5,7-8,10,15-17H,2-3H2,1H3,(H,13,18,19)/t5-,7-,8-,10-/m1/s1. The topological polar surface area (TPSA) is 125 Å². The average Bonchev–Trinajstić information content (AvgIpc) is 2.70. The van der Waals surface area contributed by atoms with Crippen LogP contribution in [0.15, 0.2) is 9.59 Å². The third-order valence-electron chi connectivity index (χ3n) is 3.29. The van der Waals surface area contributed by atoms with Gasteiger partial charge in [0.05, 0.1) is 12.3 Å². The summed E-state index contributed by atoms with van der Waals surface area (Å²) in [5, 5.41) is 28.5. The highest BCUT2D eigenvalue weighted by molar-refractivity contribution is 5.07. The van der Waals surface area contributed by atoms with Crippen LogP contribution in [-0.4, -0.2) is 49.8 Å². The van der Waals surface area contributed by atoms with E-state index >= 15 is 0 Å². The minimum atomic E-state index is -1.53. The number of aromatic nitrogens is 2. The number of nitrogens with one attached hydrogen (secondary N) is 1. The molecular formula is C11H15FN2O6. The molecule has 8 nitrogen and oxygen atoms in total. The van der Waals surface area contributed by atoms with Crippen molar-refractivity contribution in [3.63, 3.8) is 0 Å². The van der Waals surface area contributed by atoms with Crippen molar-refractivity contribution in [1.29, 1.82) is 0 Å². The first-order valence-electron chi connectivity index (χ1n) is 6.08. The summed E-state index contributed by atoms with van der Waals surface area (Å²) in [5.74, 6) is -1.15. The Morgan fingerprint density at radius 1 is 1.35 bits per heavy atom. The lowest BCUT2D eigenvalue weighted by Crippen LogP contribution is -2.41. The van der Waals surface area contributed by atoms with Gasteiger partial charge in [0.25, 0.3) is 5.56 Å². The Kier molecular flexibility index (Phi) is 4.04. The summed E-state index contributed by atoms with van der Waals surface area (Å²) < 4.78 is 19.7. The number of rotatable bonds is 3. The zero-order chi connectivity index (χ0) is 15.0. The van der Waals surface area contributed by atoms with E-state index in [1.165, 1.54) is 6.92 Å². The van der Waals surface area contributed by atoms with Gasteiger partial charge in [-0.1, -0.05) is 6.92 Å². The minimum absolute atomic E-state index is 0.0114. The van der Waals surface area contributed by atoms with Crippen molar-refractivity contribution in [3.8, 4) is 0 Å². The molecule has 2 rings (SSSR count). The fourth-order valence-corrected chi connectivity index (χ4v) is 2.26. The summed E-state index contributed by atoms with van der Waals surface area (Å²) >= 11 is 0. The number of ether oxygens (including phenoxy) is 1. The van der Waals surface area contributed by atoms with Gasteiger partial charge in [0.1, 0.15) is 18.3 Å². The predicted octanol–water partition coefficient (Wildman–Crippen LogP) is -2.15. The number of aliphatic hydroxyl groups excluding tert-OH is 3. The molecule has 1 aliphatic rings. The Hall–Kier alpha value is -1.55. The van der Waals surface area contributed by atoms with E-state index in [2.05, 4.69) is 0 Å². The van der Waals surface area contributed by atoms with Crippen molar-refractivity contribution in [1.82, 2.24) is 9.55 Å². The minimum Gasteiger partial charge on any atom is -0.394 e. The number of halogens is 1. The Morgan fingerprint density at radius 2 is 2.00 bits per heavy atom. The van der Waals surface area contributed by atoms with Crippen LogP contribution in [0.4, 0.5) is 4.39 Å². The molecule has 1 aliphatic heterocycles. The van der Waals surface area contributed by atoms with Gasteiger partial charge in [-0.2, -0.15) is 4.39 Å². The van der Waals surface area contributed by atoms with E-state index in [4.69, 9.17) is 9.84 Å². The molecule has 1 saturated heterocycles. The summed E-state index contributed by atoms with van der Waals surface area (Å²) in [6.07, 6.45) is -5.41. The highest BCUT2D eigenvalue weighted by atomic mass is 19.1. The Balaban J connectivity index is 2.57. The number of nitrogens with zero attached hydrogens (tertiary/aromatic N) is 1. The summed E-state index contributed by atoms with van der Waals surface area (Å²) in [5.41, 5.74) is -2.36. The molecule has 0 spiro atoms. The van der Waals surface area contributed by atoms with E-state index in [1.54, 1.807) is 4.98 Å². The van der Waals surface area contributed by atoms with E-state index in [1.807, 2.05) is 0 Å². The lowest BCUT2D eigenvalue weighted by atomic mass is 10.1. The van der Waals surface area contributed by atoms with Gasteiger partial charge in [0.2, 0.25) is 5.82 Å². The first-order chi connectivity index (χ1) is 9.42. The molecule has 0 radical (unpaired) electrons. The maximum absolute atomic E-state index is 13.7. The SMILES string of the molecule is CCc1c(F)c(=O)[nH]c(=O)n1[C@@H]1O[C@H](CO)[C@@H](O)[C@H]1O. The number of aromatic amines is 1. The molecule has 1 aromatic heterocycles. The highest BCUT2D eigenvalue weighted by Gasteiger charge is 2.44. The molecule has 20 heavy (non-hydrogen) atoms. The van der Waals surface area contributed by atoms with Crippen molar-refractivity contribution < 1.29 is 24.4 Å². The van der Waals surface area contributed by atoms with Crippen molar-refractivity contribution in [2.24, 2.45) is 0 Å². The quantitative estimate of drug-likeness (QED) is 0.503. The fourth-order valence-electron chi connectivity index (χ4n) is 2.26. The van der Waals surface area contributed by atoms with Crippen LogP contribution < -0.4 is 11.2 Å². The molecule has 0 bridgehead atoms. The van der Waals surface area contributed by atoms with Crippen LogP contribution in [0.2, 0.25) is 0 Å². The fraction of sp³-hybridized carbons (Fsp3) is 0.636. The van der Waals surface area contributed by atoms with Crippen molar-refractivity contribution in [2.75, 3.05) is 6.61 Å². The molecule has 4 atom stereocenters. The smallest absolute Gasteiger partial charge is 0.330 e. The molecule has 1 fully saturated rings. The molecule has 112 valence electrons. The van der Waals surface area contributed by atoms with Crippen molar-refractivity contribution >= 4 is 0 Å². The first kappa shape index (κ1) is 14.9. The first-order valence-corrected chi connectivity index (χ1v) is 6.08. The second kappa shape index (κ2) is 5.44. The van der Waals surface area contributed by atoms with E-state index in [0.29, 0.717) is 0 Å². The number of H-pyrrole nitrogens is 1. The van der Waals surface area contributed by atoms with E-state index in [9.17, 15) is 24.2 Å². The maximum atomic E-state index is 13.7. The van der Waals surface area contributed by atoms with Gasteiger partial charge in [-0.25, -0.2) is 4.79 Å². The summed E-state index contributed by atoms with van der Waals surface area (Å²) in [6.45, 7) is 0.950. The van der Waals surface area contributed by atoms with E-state index < -0.39 is 48.2 Å². The lowest BCUT2D eigenvalue weighted by molar-refractivity contribution is -0.0567. The van der Waals surface area contributed by atoms with Gasteiger partial charge in [0.15, 0.2) is 6.23 Å². The molecule has 0 aromatic carbocycles. The molecule has 0 amide bonds. The van der Waals surface area contributed by atoms with Gasteiger partial charge in [0, 0.05) is 0 Å². The predicted molar refractivity (Wildman–Crippen MR) is 63.7 cm³/mol. The van der Waals surface area contributed by atoms with Crippen LogP contribution >= 0.6 is 0 Å². The van der Waals surface area contributed by atoms with Gasteiger partial charge >= 0.3 is 5.69 Å². The Labute approximate surface area is 112 Å². The average molecular weight is 290 g/mol. The Morgan fingerprint density at radius 3 is 2.50 bits per heavy atom. The zero-order valence-corrected chi connectivity index (χ0v) is 10.6. The largest absolute Gasteiger partial charge is 0.394 e. The molecule has 0 aliphatic carbocycles. The molecule has 2 heterocycles. The van der Waals surface area contributed by atoms with Gasteiger partial charge < -0.3 is 20.1 Å². The molecule has 9 heteroatoms. The van der Waals surface area contributed by atoms with Crippen LogP contribution in [-0.2, 0) is 11.2 Å². The summed E-state index contributed by atoms with van der Waals surface area (Å²) in [7, 11) is 0. The van der Waals surface area contributed by atoms with Crippen molar-refractivity contribution in [2.45, 2.75) is 37.9 Å². The van der Waals surface area contributed by atoms with Gasteiger partial charge in [-0.05, 0) is 6.42 Å². The molecular weight excluding hydrogens is 275 g/mol. The molecule has 0 saturated carbocycles. The summed E-state index contributed by atoms with van der Waals surface area (Å²) in [6, 6.07) is 0. The van der Waals surface area contributed by atoms with Crippen LogP contribution in [0.5, 0.6) is 0 Å². The van der Waals surface area contributed by atoms with Gasteiger partial charge in [-0.3, -0.25) is 14.3 Å². The van der Waals surface area contributed by atoms with Crippen LogP contribution in [0.25, 0.3) is 0 Å². The molecule has 0 unspecified atom stereocenters. The normalized spacial score (nSPS) is 29.9. The van der Waals surface area contributed by atoms with Gasteiger partial charge in [-0.15, -0.1) is 0 Å². The van der Waals surface area contributed by atoms with Crippen LogP contribution in [0.3, 0.4) is 0 Å². The van der Waals surface area contributed by atoms with Crippen molar-refractivity contribution in [3.05, 3.63) is 32.3 Å². The zero-order valence-electron chi connectivity index (χ0n) is 10.6. The number of hydrogen-bond acceptors (Lipinski definition) is 6. The summed E-state index contributed by atoms with van der Waals surface area (Å²) in [4.78, 5) is 24.8. The molecule has 4 N–H and O–H groups in total.